The number of nitrogens with zero attached hydrogens (tertiary/aromatic N) is 3. The van der Waals surface area contributed by atoms with Crippen molar-refractivity contribution in [1.29, 1.82) is 0 Å². The fourth-order valence-corrected chi connectivity index (χ4v) is 3.38. The Hall–Kier alpha value is -1.50. The Labute approximate surface area is 141 Å². The Bertz CT molecular complexity index is 623. The van der Waals surface area contributed by atoms with Gasteiger partial charge in [-0.1, -0.05) is 12.1 Å². The van der Waals surface area contributed by atoms with Crippen molar-refractivity contribution in [2.24, 2.45) is 0 Å². The molecule has 0 aliphatic rings. The summed E-state index contributed by atoms with van der Waals surface area (Å²) in [5.41, 5.74) is 0.982. The fraction of sp³-hybridized carbons (Fsp3) is 0.529. The maximum Gasteiger partial charge on any atom is 0.239 e. The molecule has 1 N–H and O–H groups in total. The summed E-state index contributed by atoms with van der Waals surface area (Å²) < 4.78 is 1.14. The van der Waals surface area contributed by atoms with Crippen LogP contribution in [-0.2, 0) is 11.3 Å². The average Bonchev–Trinajstić information content (AvgIpc) is 2.93. The van der Waals surface area contributed by atoms with Crippen LogP contribution in [0.2, 0.25) is 0 Å². The number of amides is 1. The standard InChI is InChI=1S/C17H25N3O2S/c1-12(21)9-10-19(3)13(2)17(22)20(4)11-16-18-14-7-5-6-8-15(14)23-16/h5-8,12-13,21H,9-11H2,1-4H3. The van der Waals surface area contributed by atoms with Crippen LogP contribution in [0.4, 0.5) is 0 Å². The lowest BCUT2D eigenvalue weighted by Crippen LogP contribution is -2.44. The summed E-state index contributed by atoms with van der Waals surface area (Å²) in [5.74, 6) is 0.0670. The molecule has 2 atom stereocenters. The number of carbonyl (C=O) groups is 1. The summed E-state index contributed by atoms with van der Waals surface area (Å²) in [6, 6.07) is 7.79. The van der Waals surface area contributed by atoms with E-state index < -0.39 is 0 Å². The summed E-state index contributed by atoms with van der Waals surface area (Å²) in [7, 11) is 3.73. The van der Waals surface area contributed by atoms with Gasteiger partial charge in [0.15, 0.2) is 0 Å². The maximum atomic E-state index is 12.5. The van der Waals surface area contributed by atoms with E-state index in [1.54, 1.807) is 23.2 Å². The van der Waals surface area contributed by atoms with Gasteiger partial charge in [0.05, 0.1) is 28.9 Å². The molecule has 0 aliphatic carbocycles. The van der Waals surface area contributed by atoms with E-state index in [1.165, 1.54) is 0 Å². The third-order valence-electron chi connectivity index (χ3n) is 4.00. The fourth-order valence-electron chi connectivity index (χ4n) is 2.36. The van der Waals surface area contributed by atoms with Gasteiger partial charge in [-0.25, -0.2) is 4.98 Å². The number of hydrogen-bond acceptors (Lipinski definition) is 5. The van der Waals surface area contributed by atoms with Gasteiger partial charge in [0.25, 0.3) is 0 Å². The third-order valence-corrected chi connectivity index (χ3v) is 5.03. The second-order valence-corrected chi connectivity index (χ2v) is 7.18. The van der Waals surface area contributed by atoms with Gasteiger partial charge in [-0.05, 0) is 39.4 Å². The number of para-hydroxylation sites is 1. The number of aliphatic hydroxyl groups excluding tert-OH is 1. The molecule has 0 saturated heterocycles. The van der Waals surface area contributed by atoms with Gasteiger partial charge < -0.3 is 10.0 Å². The van der Waals surface area contributed by atoms with Crippen LogP contribution in [0.15, 0.2) is 24.3 Å². The number of fused-ring (bicyclic) bond motifs is 1. The molecule has 0 radical (unpaired) electrons. The van der Waals surface area contributed by atoms with Crippen LogP contribution in [0.3, 0.4) is 0 Å². The number of hydrogen-bond donors (Lipinski definition) is 1. The number of aromatic nitrogens is 1. The van der Waals surface area contributed by atoms with Crippen LogP contribution in [0.5, 0.6) is 0 Å². The van der Waals surface area contributed by atoms with E-state index in [1.807, 2.05) is 50.2 Å². The minimum atomic E-state index is -0.347. The molecule has 6 heteroatoms. The molecule has 126 valence electrons. The SMILES string of the molecule is CC(O)CCN(C)C(C)C(=O)N(C)Cc1nc2ccccc2s1. The Kier molecular flexibility index (Phi) is 6.10. The summed E-state index contributed by atoms with van der Waals surface area (Å²) in [6.07, 6.45) is 0.315. The zero-order valence-corrected chi connectivity index (χ0v) is 15.0. The van der Waals surface area contributed by atoms with Crippen LogP contribution >= 0.6 is 11.3 Å². The molecule has 1 amide bonds. The molecule has 0 aliphatic heterocycles. The minimum Gasteiger partial charge on any atom is -0.393 e. The lowest BCUT2D eigenvalue weighted by molar-refractivity contribution is -0.135. The van der Waals surface area contributed by atoms with Crippen molar-refractivity contribution in [2.45, 2.75) is 39.0 Å². The van der Waals surface area contributed by atoms with E-state index in [2.05, 4.69) is 4.98 Å². The predicted octanol–water partition coefficient (Wildman–Crippen LogP) is 2.35. The number of aliphatic hydroxyl groups is 1. The van der Waals surface area contributed by atoms with E-state index in [-0.39, 0.29) is 18.1 Å². The Morgan fingerprint density at radius 3 is 2.65 bits per heavy atom. The number of thiazole rings is 1. The van der Waals surface area contributed by atoms with Gasteiger partial charge in [0.2, 0.25) is 5.91 Å². The van der Waals surface area contributed by atoms with Gasteiger partial charge in [-0.3, -0.25) is 9.69 Å². The van der Waals surface area contributed by atoms with Crippen molar-refractivity contribution < 1.29 is 9.90 Å². The van der Waals surface area contributed by atoms with Crippen LogP contribution < -0.4 is 0 Å². The van der Waals surface area contributed by atoms with Crippen molar-refractivity contribution in [3.8, 4) is 0 Å². The van der Waals surface area contributed by atoms with E-state index >= 15 is 0 Å². The van der Waals surface area contributed by atoms with Crippen LogP contribution in [0.25, 0.3) is 10.2 Å². The normalized spacial score (nSPS) is 14.2. The molecule has 2 aromatic rings. The second-order valence-electron chi connectivity index (χ2n) is 6.06. The highest BCUT2D eigenvalue weighted by Gasteiger charge is 2.22. The molecule has 0 fully saturated rings. The van der Waals surface area contributed by atoms with E-state index in [0.29, 0.717) is 19.5 Å². The first-order chi connectivity index (χ1) is 10.9. The number of likely N-dealkylation sites (N-methyl/N-ethyl adjacent to an activating group) is 2. The molecular formula is C17H25N3O2S. The third kappa shape index (κ3) is 4.73. The summed E-state index contributed by atoms with van der Waals surface area (Å²) >= 11 is 1.63. The van der Waals surface area contributed by atoms with Gasteiger partial charge >= 0.3 is 0 Å². The Morgan fingerprint density at radius 1 is 1.30 bits per heavy atom. The molecule has 0 spiro atoms. The van der Waals surface area contributed by atoms with Gasteiger partial charge in [0.1, 0.15) is 5.01 Å². The topological polar surface area (TPSA) is 56.7 Å². The minimum absolute atomic E-state index is 0.0670. The second kappa shape index (κ2) is 7.86. The predicted molar refractivity (Wildman–Crippen MR) is 94.5 cm³/mol. The van der Waals surface area contributed by atoms with Crippen molar-refractivity contribution in [1.82, 2.24) is 14.8 Å². The maximum absolute atomic E-state index is 12.5. The van der Waals surface area contributed by atoms with Gasteiger partial charge in [-0.2, -0.15) is 0 Å². The quantitative estimate of drug-likeness (QED) is 0.844. The molecule has 1 heterocycles. The molecular weight excluding hydrogens is 310 g/mol. The Balaban J connectivity index is 1.95. The van der Waals surface area contributed by atoms with E-state index in [4.69, 9.17) is 0 Å². The molecule has 5 nitrogen and oxygen atoms in total. The monoisotopic (exact) mass is 335 g/mol. The molecule has 1 aromatic carbocycles. The average molecular weight is 335 g/mol. The zero-order chi connectivity index (χ0) is 17.0. The molecule has 2 unspecified atom stereocenters. The molecule has 1 aromatic heterocycles. The first kappa shape index (κ1) is 17.8. The number of benzene rings is 1. The lowest BCUT2D eigenvalue weighted by Gasteiger charge is -2.28. The van der Waals surface area contributed by atoms with Gasteiger partial charge in [0, 0.05) is 13.6 Å². The van der Waals surface area contributed by atoms with Crippen molar-refractivity contribution in [2.75, 3.05) is 20.6 Å². The highest BCUT2D eigenvalue weighted by atomic mass is 32.1. The highest BCUT2D eigenvalue weighted by Crippen LogP contribution is 2.22. The number of carbonyl (C=O) groups excluding carboxylic acids is 1. The molecule has 23 heavy (non-hydrogen) atoms. The summed E-state index contributed by atoms with van der Waals surface area (Å²) in [6.45, 7) is 4.88. The van der Waals surface area contributed by atoms with Crippen LogP contribution in [0, 0.1) is 0 Å². The van der Waals surface area contributed by atoms with Crippen molar-refractivity contribution in [3.05, 3.63) is 29.3 Å². The summed E-state index contributed by atoms with van der Waals surface area (Å²) in [4.78, 5) is 20.8. The first-order valence-corrected chi connectivity index (χ1v) is 8.68. The Morgan fingerprint density at radius 2 is 2.00 bits per heavy atom. The van der Waals surface area contributed by atoms with E-state index in [9.17, 15) is 9.90 Å². The summed E-state index contributed by atoms with van der Waals surface area (Å²) in [5, 5.41) is 10.3. The lowest BCUT2D eigenvalue weighted by atomic mass is 10.2. The van der Waals surface area contributed by atoms with Gasteiger partial charge in [-0.15, -0.1) is 11.3 Å². The van der Waals surface area contributed by atoms with Crippen LogP contribution in [-0.4, -0.2) is 58.6 Å². The zero-order valence-electron chi connectivity index (χ0n) is 14.2. The highest BCUT2D eigenvalue weighted by molar-refractivity contribution is 7.18. The van der Waals surface area contributed by atoms with Crippen molar-refractivity contribution in [3.63, 3.8) is 0 Å². The van der Waals surface area contributed by atoms with Crippen molar-refractivity contribution >= 4 is 27.5 Å². The smallest absolute Gasteiger partial charge is 0.239 e. The van der Waals surface area contributed by atoms with E-state index in [0.717, 1.165) is 15.2 Å². The molecule has 2 rings (SSSR count). The molecule has 0 saturated carbocycles. The van der Waals surface area contributed by atoms with Crippen LogP contribution in [0.1, 0.15) is 25.3 Å². The first-order valence-electron chi connectivity index (χ1n) is 7.86. The largest absolute Gasteiger partial charge is 0.393 e. The number of rotatable bonds is 7. The molecule has 0 bridgehead atoms.